The van der Waals surface area contributed by atoms with Crippen LogP contribution in [0.5, 0.6) is 0 Å². The number of carboxylic acids is 1. The summed E-state index contributed by atoms with van der Waals surface area (Å²) in [7, 11) is 0. The highest BCUT2D eigenvalue weighted by atomic mass is 16.4. The molecule has 16 heavy (non-hydrogen) atoms. The lowest BCUT2D eigenvalue weighted by Crippen LogP contribution is -2.03. The summed E-state index contributed by atoms with van der Waals surface area (Å²) in [5, 5.41) is 9.06. The molecule has 1 aliphatic rings. The molecule has 1 aliphatic carbocycles. The van der Waals surface area contributed by atoms with E-state index < -0.39 is 5.97 Å². The lowest BCUT2D eigenvalue weighted by Gasteiger charge is -2.02. The Kier molecular flexibility index (Phi) is 2.75. The first-order chi connectivity index (χ1) is 7.53. The van der Waals surface area contributed by atoms with Crippen molar-refractivity contribution in [2.75, 3.05) is 0 Å². The molecule has 1 fully saturated rings. The predicted octanol–water partition coefficient (Wildman–Crippen LogP) is 2.98. The third-order valence-electron chi connectivity index (χ3n) is 3.90. The van der Waals surface area contributed by atoms with E-state index in [2.05, 4.69) is 26.0 Å². The van der Waals surface area contributed by atoms with E-state index in [1.54, 1.807) is 0 Å². The first-order valence-corrected chi connectivity index (χ1v) is 5.80. The molecule has 0 heterocycles. The number of hydrogen-bond donors (Lipinski definition) is 1. The van der Waals surface area contributed by atoms with E-state index in [1.165, 1.54) is 5.56 Å². The van der Waals surface area contributed by atoms with Gasteiger partial charge >= 0.3 is 5.97 Å². The van der Waals surface area contributed by atoms with Gasteiger partial charge in [0.1, 0.15) is 0 Å². The highest BCUT2D eigenvalue weighted by Crippen LogP contribution is 2.60. The molecule has 0 spiro atoms. The lowest BCUT2D eigenvalue weighted by molar-refractivity contribution is -0.139. The summed E-state index contributed by atoms with van der Waals surface area (Å²) < 4.78 is 0. The first kappa shape index (κ1) is 11.2. The molecule has 1 aromatic rings. The van der Waals surface area contributed by atoms with Gasteiger partial charge in [0.2, 0.25) is 0 Å². The minimum atomic E-state index is -0.636. The average molecular weight is 218 g/mol. The van der Waals surface area contributed by atoms with Crippen LogP contribution in [0.1, 0.15) is 25.8 Å². The molecule has 0 saturated heterocycles. The smallest absolute Gasteiger partial charge is 0.307 e. The summed E-state index contributed by atoms with van der Waals surface area (Å²) in [6.45, 7) is 4.11. The molecule has 0 amide bonds. The van der Waals surface area contributed by atoms with Crippen LogP contribution in [-0.2, 0) is 11.2 Å². The molecular formula is C14H18O2. The van der Waals surface area contributed by atoms with Gasteiger partial charge in [-0.05, 0) is 29.7 Å². The minimum absolute atomic E-state index is 0.0133. The molecular weight excluding hydrogens is 200 g/mol. The minimum Gasteiger partial charge on any atom is -0.481 e. The van der Waals surface area contributed by atoms with Crippen molar-refractivity contribution in [3.63, 3.8) is 0 Å². The van der Waals surface area contributed by atoms with E-state index >= 15 is 0 Å². The van der Waals surface area contributed by atoms with Gasteiger partial charge in [-0.3, -0.25) is 4.79 Å². The molecule has 0 radical (unpaired) electrons. The highest BCUT2D eigenvalue weighted by molar-refractivity contribution is 5.75. The predicted molar refractivity (Wildman–Crippen MR) is 63.2 cm³/mol. The van der Waals surface area contributed by atoms with Gasteiger partial charge < -0.3 is 5.11 Å². The van der Waals surface area contributed by atoms with Gasteiger partial charge in [0.05, 0.1) is 5.92 Å². The van der Waals surface area contributed by atoms with Crippen LogP contribution in [0.4, 0.5) is 0 Å². The summed E-state index contributed by atoms with van der Waals surface area (Å²) in [5.41, 5.74) is 1.29. The summed E-state index contributed by atoms with van der Waals surface area (Å²) >= 11 is 0. The van der Waals surface area contributed by atoms with Crippen LogP contribution in [0.15, 0.2) is 30.3 Å². The van der Waals surface area contributed by atoms with Crippen molar-refractivity contribution in [2.45, 2.75) is 26.7 Å². The second-order valence-electron chi connectivity index (χ2n) is 5.27. The molecule has 2 nitrogen and oxygen atoms in total. The SMILES string of the molecule is CC1(C)[C@@H](CCc2ccccc2)[C@@H]1C(=O)O. The van der Waals surface area contributed by atoms with Gasteiger partial charge in [-0.15, -0.1) is 0 Å². The fraction of sp³-hybridized carbons (Fsp3) is 0.500. The molecule has 1 N–H and O–H groups in total. The number of aryl methyl sites for hydroxylation is 1. The molecule has 2 rings (SSSR count). The zero-order chi connectivity index (χ0) is 11.8. The third-order valence-corrected chi connectivity index (χ3v) is 3.90. The van der Waals surface area contributed by atoms with Crippen LogP contribution < -0.4 is 0 Å². The Labute approximate surface area is 96.3 Å². The van der Waals surface area contributed by atoms with Crippen LogP contribution in [-0.4, -0.2) is 11.1 Å². The fourth-order valence-electron chi connectivity index (χ4n) is 2.74. The maximum Gasteiger partial charge on any atom is 0.307 e. The van der Waals surface area contributed by atoms with Crippen molar-refractivity contribution in [3.05, 3.63) is 35.9 Å². The molecule has 0 aliphatic heterocycles. The van der Waals surface area contributed by atoms with Crippen LogP contribution >= 0.6 is 0 Å². The van der Waals surface area contributed by atoms with E-state index in [0.29, 0.717) is 5.92 Å². The Morgan fingerprint density at radius 3 is 2.44 bits per heavy atom. The summed E-state index contributed by atoms with van der Waals surface area (Å²) in [6.07, 6.45) is 1.96. The van der Waals surface area contributed by atoms with Gasteiger partial charge in [0.25, 0.3) is 0 Å². The van der Waals surface area contributed by atoms with Crippen molar-refractivity contribution in [1.82, 2.24) is 0 Å². The van der Waals surface area contributed by atoms with Crippen LogP contribution in [0.3, 0.4) is 0 Å². The van der Waals surface area contributed by atoms with E-state index in [0.717, 1.165) is 12.8 Å². The molecule has 1 saturated carbocycles. The Morgan fingerprint density at radius 2 is 1.94 bits per heavy atom. The normalized spacial score (nSPS) is 26.4. The van der Waals surface area contributed by atoms with Crippen molar-refractivity contribution in [1.29, 1.82) is 0 Å². The first-order valence-electron chi connectivity index (χ1n) is 5.80. The molecule has 0 bridgehead atoms. The third kappa shape index (κ3) is 1.97. The van der Waals surface area contributed by atoms with E-state index in [-0.39, 0.29) is 11.3 Å². The zero-order valence-corrected chi connectivity index (χ0v) is 9.81. The van der Waals surface area contributed by atoms with Crippen LogP contribution in [0, 0.1) is 17.3 Å². The Balaban J connectivity index is 1.91. The number of aliphatic carboxylic acids is 1. The largest absolute Gasteiger partial charge is 0.481 e. The van der Waals surface area contributed by atoms with Gasteiger partial charge in [0, 0.05) is 0 Å². The quantitative estimate of drug-likeness (QED) is 0.843. The van der Waals surface area contributed by atoms with E-state index in [4.69, 9.17) is 5.11 Å². The fourth-order valence-corrected chi connectivity index (χ4v) is 2.74. The van der Waals surface area contributed by atoms with Crippen molar-refractivity contribution < 1.29 is 9.90 Å². The number of benzene rings is 1. The molecule has 86 valence electrons. The topological polar surface area (TPSA) is 37.3 Å². The second kappa shape index (κ2) is 3.93. The Bertz CT molecular complexity index is 381. The van der Waals surface area contributed by atoms with Crippen molar-refractivity contribution in [3.8, 4) is 0 Å². The standard InChI is InChI=1S/C14H18O2/c1-14(2)11(12(14)13(15)16)9-8-10-6-4-3-5-7-10/h3-7,11-12H,8-9H2,1-2H3,(H,15,16)/t11-,12+/m0/s1. The van der Waals surface area contributed by atoms with Crippen molar-refractivity contribution in [2.24, 2.45) is 17.3 Å². The number of carbonyl (C=O) groups is 1. The maximum atomic E-state index is 11.0. The van der Waals surface area contributed by atoms with Gasteiger partial charge in [-0.2, -0.15) is 0 Å². The summed E-state index contributed by atoms with van der Waals surface area (Å²) in [5.74, 6) is -0.440. The number of rotatable bonds is 4. The van der Waals surface area contributed by atoms with Crippen LogP contribution in [0.2, 0.25) is 0 Å². The Hall–Kier alpha value is -1.31. The van der Waals surface area contributed by atoms with E-state index in [1.807, 2.05) is 18.2 Å². The molecule has 0 unspecified atom stereocenters. The van der Waals surface area contributed by atoms with Crippen molar-refractivity contribution >= 4 is 5.97 Å². The second-order valence-corrected chi connectivity index (χ2v) is 5.27. The van der Waals surface area contributed by atoms with Gasteiger partial charge in [0.15, 0.2) is 0 Å². The average Bonchev–Trinajstić information content (AvgIpc) is 2.79. The summed E-state index contributed by atoms with van der Waals surface area (Å²) in [6, 6.07) is 10.3. The Morgan fingerprint density at radius 1 is 1.31 bits per heavy atom. The van der Waals surface area contributed by atoms with E-state index in [9.17, 15) is 4.79 Å². The van der Waals surface area contributed by atoms with Crippen LogP contribution in [0.25, 0.3) is 0 Å². The highest BCUT2D eigenvalue weighted by Gasteiger charge is 2.61. The number of carboxylic acid groups (broad SMARTS) is 1. The molecule has 1 aromatic carbocycles. The molecule has 0 aromatic heterocycles. The zero-order valence-electron chi connectivity index (χ0n) is 9.81. The summed E-state index contributed by atoms with van der Waals surface area (Å²) in [4.78, 5) is 11.0. The maximum absolute atomic E-state index is 11.0. The lowest BCUT2D eigenvalue weighted by atomic mass is 10.0. The monoisotopic (exact) mass is 218 g/mol. The molecule has 2 atom stereocenters. The number of hydrogen-bond acceptors (Lipinski definition) is 1. The molecule has 2 heteroatoms. The van der Waals surface area contributed by atoms with Gasteiger partial charge in [-0.1, -0.05) is 44.2 Å². The van der Waals surface area contributed by atoms with Gasteiger partial charge in [-0.25, -0.2) is 0 Å².